The molecule has 0 spiro atoms. The predicted octanol–water partition coefficient (Wildman–Crippen LogP) is 3.31. The van der Waals surface area contributed by atoms with Crippen LogP contribution in [0.1, 0.15) is 30.6 Å². The highest BCUT2D eigenvalue weighted by atomic mass is 79.9. The zero-order valence-electron chi connectivity index (χ0n) is 9.59. The van der Waals surface area contributed by atoms with Gasteiger partial charge in [0.2, 0.25) is 0 Å². The number of amides is 1. The van der Waals surface area contributed by atoms with Crippen LogP contribution in [0.25, 0.3) is 0 Å². The first-order valence-electron chi connectivity index (χ1n) is 5.24. The minimum absolute atomic E-state index is 0.0200. The Balaban J connectivity index is 2.80. The van der Waals surface area contributed by atoms with Crippen molar-refractivity contribution in [1.82, 2.24) is 5.32 Å². The Morgan fingerprint density at radius 1 is 1.35 bits per heavy atom. The third-order valence-electron chi connectivity index (χ3n) is 2.35. The van der Waals surface area contributed by atoms with E-state index in [9.17, 15) is 9.59 Å². The number of Topliss-reactive ketones (excluding diaryl/α,β-unsaturated/α-hetero) is 1. The van der Waals surface area contributed by atoms with E-state index in [0.717, 1.165) is 4.47 Å². The van der Waals surface area contributed by atoms with E-state index in [1.165, 1.54) is 0 Å². The number of hydrogen-bond donors (Lipinski definition) is 1. The van der Waals surface area contributed by atoms with Crippen molar-refractivity contribution in [3.63, 3.8) is 0 Å². The first kappa shape index (κ1) is 14.4. The number of hydrogen-bond acceptors (Lipinski definition) is 2. The van der Waals surface area contributed by atoms with Gasteiger partial charge in [0.25, 0.3) is 5.91 Å². The summed E-state index contributed by atoms with van der Waals surface area (Å²) in [4.78, 5) is 23.3. The molecule has 1 amide bonds. The van der Waals surface area contributed by atoms with E-state index >= 15 is 0 Å². The van der Waals surface area contributed by atoms with E-state index in [0.29, 0.717) is 16.5 Å². The van der Waals surface area contributed by atoms with Crippen LogP contribution in [-0.4, -0.2) is 17.7 Å². The summed E-state index contributed by atoms with van der Waals surface area (Å²) in [5, 5.41) is 2.67. The largest absolute Gasteiger partial charge is 0.342 e. The number of carbonyl (C=O) groups is 2. The van der Waals surface area contributed by atoms with Gasteiger partial charge in [-0.15, -0.1) is 0 Å². The van der Waals surface area contributed by atoms with Gasteiger partial charge in [0.1, 0.15) is 0 Å². The lowest BCUT2D eigenvalue weighted by Crippen LogP contribution is -2.38. The number of halogens is 2. The van der Waals surface area contributed by atoms with Gasteiger partial charge in [0, 0.05) is 15.4 Å². The SMILES string of the molecule is CCC(=O)C(C)NC(=O)c1ccc(Br)cc1Br. The van der Waals surface area contributed by atoms with Crippen molar-refractivity contribution in [2.24, 2.45) is 0 Å². The molecule has 1 atom stereocenters. The molecule has 17 heavy (non-hydrogen) atoms. The third-order valence-corrected chi connectivity index (χ3v) is 3.50. The van der Waals surface area contributed by atoms with Gasteiger partial charge in [-0.1, -0.05) is 22.9 Å². The highest BCUT2D eigenvalue weighted by molar-refractivity contribution is 9.11. The highest BCUT2D eigenvalue weighted by Crippen LogP contribution is 2.21. The van der Waals surface area contributed by atoms with Crippen LogP contribution in [0.4, 0.5) is 0 Å². The molecule has 0 saturated carbocycles. The van der Waals surface area contributed by atoms with E-state index in [1.807, 2.05) is 0 Å². The van der Waals surface area contributed by atoms with Crippen molar-refractivity contribution in [2.75, 3.05) is 0 Å². The maximum atomic E-state index is 11.9. The van der Waals surface area contributed by atoms with E-state index in [4.69, 9.17) is 0 Å². The molecule has 0 bridgehead atoms. The van der Waals surface area contributed by atoms with Gasteiger partial charge in [-0.2, -0.15) is 0 Å². The molecule has 0 aliphatic carbocycles. The molecule has 0 heterocycles. The number of rotatable bonds is 4. The Hall–Kier alpha value is -0.680. The molecular formula is C12H13Br2NO2. The summed E-state index contributed by atoms with van der Waals surface area (Å²) in [5.41, 5.74) is 0.518. The van der Waals surface area contributed by atoms with Gasteiger partial charge in [0.05, 0.1) is 11.6 Å². The summed E-state index contributed by atoms with van der Waals surface area (Å²) >= 11 is 6.63. The molecule has 0 aliphatic rings. The van der Waals surface area contributed by atoms with Crippen LogP contribution in [0.2, 0.25) is 0 Å². The Morgan fingerprint density at radius 2 is 2.00 bits per heavy atom. The Kier molecular flexibility index (Phi) is 5.33. The molecule has 92 valence electrons. The molecule has 3 nitrogen and oxygen atoms in total. The second-order valence-electron chi connectivity index (χ2n) is 3.64. The molecule has 0 radical (unpaired) electrons. The van der Waals surface area contributed by atoms with Crippen LogP contribution in [0.15, 0.2) is 27.1 Å². The van der Waals surface area contributed by atoms with Gasteiger partial charge in [-0.05, 0) is 41.1 Å². The lowest BCUT2D eigenvalue weighted by molar-refractivity contribution is -0.120. The average molecular weight is 363 g/mol. The maximum absolute atomic E-state index is 11.9. The van der Waals surface area contributed by atoms with Crippen molar-refractivity contribution in [3.8, 4) is 0 Å². The topological polar surface area (TPSA) is 46.2 Å². The molecule has 1 N–H and O–H groups in total. The van der Waals surface area contributed by atoms with Gasteiger partial charge in [-0.3, -0.25) is 9.59 Å². The van der Waals surface area contributed by atoms with Crippen LogP contribution in [0.3, 0.4) is 0 Å². The highest BCUT2D eigenvalue weighted by Gasteiger charge is 2.16. The fourth-order valence-corrected chi connectivity index (χ4v) is 2.56. The summed E-state index contributed by atoms with van der Waals surface area (Å²) in [6.07, 6.45) is 0.420. The molecule has 0 fully saturated rings. The van der Waals surface area contributed by atoms with Crippen LogP contribution >= 0.6 is 31.9 Å². The zero-order valence-corrected chi connectivity index (χ0v) is 12.8. The van der Waals surface area contributed by atoms with E-state index in [2.05, 4.69) is 37.2 Å². The number of ketones is 1. The molecule has 1 aromatic rings. The van der Waals surface area contributed by atoms with Gasteiger partial charge < -0.3 is 5.32 Å². The van der Waals surface area contributed by atoms with Gasteiger partial charge >= 0.3 is 0 Å². The number of nitrogens with one attached hydrogen (secondary N) is 1. The van der Waals surface area contributed by atoms with Crippen molar-refractivity contribution in [3.05, 3.63) is 32.7 Å². The van der Waals surface area contributed by atoms with Gasteiger partial charge in [-0.25, -0.2) is 0 Å². The number of benzene rings is 1. The first-order valence-corrected chi connectivity index (χ1v) is 6.83. The molecule has 0 aromatic heterocycles. The van der Waals surface area contributed by atoms with Crippen molar-refractivity contribution >= 4 is 43.6 Å². The lowest BCUT2D eigenvalue weighted by atomic mass is 10.1. The van der Waals surface area contributed by atoms with Crippen molar-refractivity contribution in [1.29, 1.82) is 0 Å². The monoisotopic (exact) mass is 361 g/mol. The Morgan fingerprint density at radius 3 is 2.53 bits per heavy atom. The van der Waals surface area contributed by atoms with E-state index < -0.39 is 6.04 Å². The van der Waals surface area contributed by atoms with Crippen LogP contribution < -0.4 is 5.32 Å². The average Bonchev–Trinajstić information content (AvgIpc) is 2.27. The molecule has 1 unspecified atom stereocenters. The van der Waals surface area contributed by atoms with Crippen LogP contribution in [0, 0.1) is 0 Å². The van der Waals surface area contributed by atoms with E-state index in [1.54, 1.807) is 32.0 Å². The smallest absolute Gasteiger partial charge is 0.252 e. The normalized spacial score (nSPS) is 12.0. The lowest BCUT2D eigenvalue weighted by Gasteiger charge is -2.12. The summed E-state index contributed by atoms with van der Waals surface area (Å²) in [5.74, 6) is -0.231. The fraction of sp³-hybridized carbons (Fsp3) is 0.333. The molecule has 0 saturated heterocycles. The second kappa shape index (κ2) is 6.31. The first-order chi connectivity index (χ1) is 7.95. The van der Waals surface area contributed by atoms with Crippen molar-refractivity contribution < 1.29 is 9.59 Å². The fourth-order valence-electron chi connectivity index (χ4n) is 1.33. The summed E-state index contributed by atoms with van der Waals surface area (Å²) in [7, 11) is 0. The van der Waals surface area contributed by atoms with Crippen LogP contribution in [-0.2, 0) is 4.79 Å². The Labute approximate surface area is 117 Å². The summed E-state index contributed by atoms with van der Waals surface area (Å²) in [6.45, 7) is 3.47. The maximum Gasteiger partial charge on any atom is 0.252 e. The molecule has 0 aliphatic heterocycles. The molecular weight excluding hydrogens is 350 g/mol. The predicted molar refractivity (Wildman–Crippen MR) is 74.1 cm³/mol. The standard InChI is InChI=1S/C12H13Br2NO2/c1-3-11(16)7(2)15-12(17)9-5-4-8(13)6-10(9)14/h4-7H,3H2,1-2H3,(H,15,17). The molecule has 1 aromatic carbocycles. The zero-order chi connectivity index (χ0) is 13.0. The molecule has 5 heteroatoms. The second-order valence-corrected chi connectivity index (χ2v) is 5.41. The van der Waals surface area contributed by atoms with Gasteiger partial charge in [0.15, 0.2) is 5.78 Å². The minimum Gasteiger partial charge on any atom is -0.342 e. The quantitative estimate of drug-likeness (QED) is 0.893. The molecule has 1 rings (SSSR count). The van der Waals surface area contributed by atoms with Crippen molar-refractivity contribution in [2.45, 2.75) is 26.3 Å². The summed E-state index contributed by atoms with van der Waals surface area (Å²) in [6, 6.07) is 4.82. The summed E-state index contributed by atoms with van der Waals surface area (Å²) < 4.78 is 1.58. The van der Waals surface area contributed by atoms with Crippen LogP contribution in [0.5, 0.6) is 0 Å². The third kappa shape index (κ3) is 3.92. The Bertz CT molecular complexity index is 446. The number of carbonyl (C=O) groups excluding carboxylic acids is 2. The van der Waals surface area contributed by atoms with E-state index in [-0.39, 0.29) is 11.7 Å². The minimum atomic E-state index is -0.456.